The van der Waals surface area contributed by atoms with E-state index >= 15 is 0 Å². The van der Waals surface area contributed by atoms with Gasteiger partial charge in [-0.1, -0.05) is 89.9 Å². The summed E-state index contributed by atoms with van der Waals surface area (Å²) in [4.78, 5) is 13.5. The van der Waals surface area contributed by atoms with Crippen LogP contribution in [0.1, 0.15) is 128 Å². The standard InChI is InChI=1S/C50H68O9/c1-8-29(2)14-21-39-30(3)50(6)41(56-39)27-38-36-20-17-33-26-35(22-24-48(33,4)37(36)23-25-49(38,50)5)55-47-42(51)44(58-45(52)31-12-10-9-11-13-31)43-40(57-47)28-54-46(59-43)32-15-18-34(53-7)19-16-32/h9-13,15-19,29-30,35-44,46-47,51H,8,14,20-28H2,1-7H3. The van der Waals surface area contributed by atoms with Crippen molar-refractivity contribution in [1.82, 2.24) is 0 Å². The first kappa shape index (κ1) is 41.6. The summed E-state index contributed by atoms with van der Waals surface area (Å²) in [6.07, 6.45) is 9.03. The van der Waals surface area contributed by atoms with E-state index in [1.165, 1.54) is 44.1 Å². The maximum absolute atomic E-state index is 13.5. The molecule has 0 aromatic heterocycles. The highest BCUT2D eigenvalue weighted by molar-refractivity contribution is 5.89. The number of benzene rings is 2. The van der Waals surface area contributed by atoms with Crippen LogP contribution in [0, 0.1) is 45.8 Å². The summed E-state index contributed by atoms with van der Waals surface area (Å²) in [6, 6.07) is 16.3. The number of methoxy groups -OCH3 is 1. The summed E-state index contributed by atoms with van der Waals surface area (Å²) in [5.74, 6) is 3.52. The summed E-state index contributed by atoms with van der Waals surface area (Å²) in [5.41, 5.74) is 3.32. The molecule has 3 aliphatic heterocycles. The molecule has 9 heteroatoms. The third-order valence-electron chi connectivity index (χ3n) is 17.6. The van der Waals surface area contributed by atoms with Crippen molar-refractivity contribution in [3.05, 3.63) is 77.4 Å². The Kier molecular flexibility index (Phi) is 11.4. The van der Waals surface area contributed by atoms with Gasteiger partial charge in [-0.05, 0) is 122 Å². The molecular formula is C50H68O9. The van der Waals surface area contributed by atoms with Crippen LogP contribution in [-0.2, 0) is 28.4 Å². The van der Waals surface area contributed by atoms with Crippen molar-refractivity contribution in [3.63, 3.8) is 0 Å². The molecule has 3 heterocycles. The first-order chi connectivity index (χ1) is 28.4. The van der Waals surface area contributed by atoms with E-state index in [1.54, 1.807) is 31.4 Å². The van der Waals surface area contributed by atoms with Crippen LogP contribution in [0.5, 0.6) is 5.75 Å². The Balaban J connectivity index is 0.888. The molecule has 6 fully saturated rings. The third-order valence-corrected chi connectivity index (χ3v) is 17.6. The maximum Gasteiger partial charge on any atom is 0.338 e. The Hall–Kier alpha value is -2.79. The maximum atomic E-state index is 13.5. The number of allylic oxidation sites excluding steroid dienone is 1. The molecule has 3 saturated carbocycles. The molecule has 1 N–H and O–H groups in total. The number of fused-ring (bicyclic) bond motifs is 8. The Labute approximate surface area is 351 Å². The summed E-state index contributed by atoms with van der Waals surface area (Å²) in [7, 11) is 1.62. The predicted molar refractivity (Wildman–Crippen MR) is 223 cm³/mol. The lowest BCUT2D eigenvalue weighted by atomic mass is 9.44. The van der Waals surface area contributed by atoms with E-state index < -0.39 is 43.0 Å². The fourth-order valence-electron chi connectivity index (χ4n) is 13.4. The normalized spacial score (nSPS) is 44.2. The van der Waals surface area contributed by atoms with Crippen LogP contribution < -0.4 is 4.74 Å². The Bertz CT molecular complexity index is 1830. The van der Waals surface area contributed by atoms with Crippen LogP contribution in [0.25, 0.3) is 0 Å². The monoisotopic (exact) mass is 812 g/mol. The SMILES string of the molecule is CCC(C)CCC1OC2CC3C4CC=C5CC(OC6OC7COC(c8ccc(OC)cc8)OC7C(OC(=O)c7ccccc7)C6O)CCC5(C)C4CCC3(C)C2(C)C1C. The molecule has 17 unspecified atom stereocenters. The molecule has 3 saturated heterocycles. The van der Waals surface area contributed by atoms with Gasteiger partial charge in [0.05, 0.1) is 37.6 Å². The molecule has 0 bridgehead atoms. The first-order valence-corrected chi connectivity index (χ1v) is 22.9. The molecule has 59 heavy (non-hydrogen) atoms. The van der Waals surface area contributed by atoms with Crippen LogP contribution in [0.4, 0.5) is 0 Å². The topological polar surface area (TPSA) is 102 Å². The number of carbonyl (C=O) groups excluding carboxylic acids is 1. The zero-order valence-corrected chi connectivity index (χ0v) is 36.3. The van der Waals surface area contributed by atoms with Gasteiger partial charge in [0.2, 0.25) is 0 Å². The van der Waals surface area contributed by atoms with Gasteiger partial charge in [0.25, 0.3) is 0 Å². The van der Waals surface area contributed by atoms with Gasteiger partial charge in [0.1, 0.15) is 24.1 Å². The number of esters is 1. The van der Waals surface area contributed by atoms with Gasteiger partial charge in [0, 0.05) is 11.0 Å². The molecule has 2 aromatic carbocycles. The zero-order chi connectivity index (χ0) is 41.3. The summed E-state index contributed by atoms with van der Waals surface area (Å²) in [6.45, 7) is 15.2. The lowest BCUT2D eigenvalue weighted by molar-refractivity contribution is -0.366. The van der Waals surface area contributed by atoms with Crippen molar-refractivity contribution >= 4 is 5.97 Å². The van der Waals surface area contributed by atoms with Crippen molar-refractivity contribution in [3.8, 4) is 5.75 Å². The van der Waals surface area contributed by atoms with Crippen molar-refractivity contribution < 1.29 is 43.1 Å². The highest BCUT2D eigenvalue weighted by Gasteiger charge is 2.70. The minimum absolute atomic E-state index is 0.125. The fourth-order valence-corrected chi connectivity index (χ4v) is 13.4. The molecule has 322 valence electrons. The van der Waals surface area contributed by atoms with Crippen LogP contribution in [0.15, 0.2) is 66.2 Å². The van der Waals surface area contributed by atoms with Crippen LogP contribution in [0.3, 0.4) is 0 Å². The summed E-state index contributed by atoms with van der Waals surface area (Å²) >= 11 is 0. The van der Waals surface area contributed by atoms with E-state index in [2.05, 4.69) is 47.6 Å². The number of rotatable bonds is 10. The fraction of sp³-hybridized carbons (Fsp3) is 0.700. The second-order valence-electron chi connectivity index (χ2n) is 20.1. The van der Waals surface area contributed by atoms with Gasteiger partial charge in [-0.25, -0.2) is 4.79 Å². The molecule has 0 amide bonds. The largest absolute Gasteiger partial charge is 0.497 e. The number of aliphatic hydroxyl groups is 1. The highest BCUT2D eigenvalue weighted by Crippen LogP contribution is 2.73. The van der Waals surface area contributed by atoms with E-state index in [0.29, 0.717) is 46.9 Å². The molecule has 9 nitrogen and oxygen atoms in total. The number of carbonyl (C=O) groups is 1. The van der Waals surface area contributed by atoms with Gasteiger partial charge in [-0.2, -0.15) is 0 Å². The quantitative estimate of drug-likeness (QED) is 0.186. The number of ether oxygens (including phenoxy) is 7. The summed E-state index contributed by atoms with van der Waals surface area (Å²) < 4.78 is 44.3. The lowest BCUT2D eigenvalue weighted by Gasteiger charge is -2.60. The van der Waals surface area contributed by atoms with Crippen molar-refractivity contribution in [2.24, 2.45) is 45.8 Å². The van der Waals surface area contributed by atoms with Gasteiger partial charge >= 0.3 is 5.97 Å². The van der Waals surface area contributed by atoms with Gasteiger partial charge in [0.15, 0.2) is 18.7 Å². The molecule has 4 aliphatic carbocycles. The summed E-state index contributed by atoms with van der Waals surface area (Å²) in [5, 5.41) is 12.0. The van der Waals surface area contributed by atoms with E-state index in [4.69, 9.17) is 33.2 Å². The molecule has 17 atom stereocenters. The minimum atomic E-state index is -1.27. The zero-order valence-electron chi connectivity index (χ0n) is 36.3. The molecular weight excluding hydrogens is 745 g/mol. The molecule has 0 radical (unpaired) electrons. The number of hydrogen-bond donors (Lipinski definition) is 1. The van der Waals surface area contributed by atoms with Crippen LogP contribution >= 0.6 is 0 Å². The predicted octanol–water partition coefficient (Wildman–Crippen LogP) is 9.61. The molecule has 2 aromatic rings. The molecule has 0 spiro atoms. The minimum Gasteiger partial charge on any atom is -0.497 e. The van der Waals surface area contributed by atoms with Crippen molar-refractivity contribution in [2.75, 3.05) is 13.7 Å². The second kappa shape index (κ2) is 16.2. The molecule has 9 rings (SSSR count). The van der Waals surface area contributed by atoms with Gasteiger partial charge in [-0.3, -0.25) is 0 Å². The highest BCUT2D eigenvalue weighted by atomic mass is 16.8. The van der Waals surface area contributed by atoms with Gasteiger partial charge in [-0.15, -0.1) is 0 Å². The van der Waals surface area contributed by atoms with E-state index in [-0.39, 0.29) is 23.5 Å². The van der Waals surface area contributed by atoms with Crippen molar-refractivity contribution in [1.29, 1.82) is 0 Å². The second-order valence-corrected chi connectivity index (χ2v) is 20.1. The lowest BCUT2D eigenvalue weighted by Crippen LogP contribution is -2.63. The Morgan fingerprint density at radius 2 is 1.76 bits per heavy atom. The average Bonchev–Trinajstić information content (AvgIpc) is 3.64. The van der Waals surface area contributed by atoms with E-state index in [9.17, 15) is 9.90 Å². The van der Waals surface area contributed by atoms with Crippen LogP contribution in [0.2, 0.25) is 0 Å². The smallest absolute Gasteiger partial charge is 0.338 e. The number of aliphatic hydroxyl groups excluding tert-OH is 1. The third kappa shape index (κ3) is 7.02. The molecule has 7 aliphatic rings. The van der Waals surface area contributed by atoms with Gasteiger partial charge < -0.3 is 38.3 Å². The van der Waals surface area contributed by atoms with Crippen LogP contribution in [-0.4, -0.2) is 73.8 Å². The van der Waals surface area contributed by atoms with Crippen molar-refractivity contribution in [2.45, 2.75) is 161 Å². The van der Waals surface area contributed by atoms with E-state index in [1.807, 2.05) is 30.3 Å². The average molecular weight is 813 g/mol. The van der Waals surface area contributed by atoms with E-state index in [0.717, 1.165) is 42.9 Å². The Morgan fingerprint density at radius 3 is 2.51 bits per heavy atom. The Morgan fingerprint density at radius 1 is 0.983 bits per heavy atom. The number of hydrogen-bond acceptors (Lipinski definition) is 9. The first-order valence-electron chi connectivity index (χ1n) is 22.9.